The van der Waals surface area contributed by atoms with Crippen molar-refractivity contribution in [2.75, 3.05) is 31.1 Å². The van der Waals surface area contributed by atoms with Crippen molar-refractivity contribution < 1.29 is 0 Å². The van der Waals surface area contributed by atoms with Crippen molar-refractivity contribution in [3.05, 3.63) is 28.7 Å². The average molecular weight is 281 g/mol. The minimum Gasteiger partial charge on any atom is -0.370 e. The molecule has 0 saturated carbocycles. The van der Waals surface area contributed by atoms with Crippen LogP contribution in [-0.2, 0) is 0 Å². The van der Waals surface area contributed by atoms with Gasteiger partial charge in [-0.3, -0.25) is 0 Å². The van der Waals surface area contributed by atoms with Crippen molar-refractivity contribution in [3.63, 3.8) is 0 Å². The van der Waals surface area contributed by atoms with Crippen LogP contribution < -0.4 is 10.2 Å². The lowest BCUT2D eigenvalue weighted by atomic mass is 9.75. The lowest BCUT2D eigenvalue weighted by molar-refractivity contribution is 0.138. The van der Waals surface area contributed by atoms with E-state index in [2.05, 4.69) is 50.4 Å². The highest BCUT2D eigenvalue weighted by molar-refractivity contribution is 9.10. The Bertz CT molecular complexity index is 387. The molecule has 3 rings (SSSR count). The lowest BCUT2D eigenvalue weighted by Crippen LogP contribution is -2.61. The summed E-state index contributed by atoms with van der Waals surface area (Å²) in [6, 6.07) is 8.56. The lowest BCUT2D eigenvalue weighted by Gasteiger charge is -2.50. The van der Waals surface area contributed by atoms with Gasteiger partial charge >= 0.3 is 0 Å². The minimum atomic E-state index is 0.563. The molecule has 2 nitrogen and oxygen atoms in total. The molecular formula is C13H17BrN2. The molecule has 2 aliphatic heterocycles. The van der Waals surface area contributed by atoms with E-state index in [9.17, 15) is 0 Å². The highest BCUT2D eigenvalue weighted by Gasteiger charge is 2.40. The van der Waals surface area contributed by atoms with Crippen LogP contribution in [0, 0.1) is 5.41 Å². The molecule has 2 heterocycles. The van der Waals surface area contributed by atoms with E-state index in [-0.39, 0.29) is 0 Å². The van der Waals surface area contributed by atoms with Crippen LogP contribution in [0.5, 0.6) is 0 Å². The SMILES string of the molecule is Brc1ccccc1N1CCCC2(CNC2)C1. The summed E-state index contributed by atoms with van der Waals surface area (Å²) in [5.74, 6) is 0. The molecule has 1 aromatic carbocycles. The van der Waals surface area contributed by atoms with Crippen LogP contribution in [0.3, 0.4) is 0 Å². The van der Waals surface area contributed by atoms with Gasteiger partial charge < -0.3 is 10.2 Å². The standard InChI is InChI=1S/C13H17BrN2/c14-11-4-1-2-5-12(11)16-7-3-6-13(10-16)8-15-9-13/h1-2,4-5,15H,3,6-10H2. The molecule has 0 bridgehead atoms. The van der Waals surface area contributed by atoms with Crippen LogP contribution in [0.1, 0.15) is 12.8 Å². The largest absolute Gasteiger partial charge is 0.370 e. The highest BCUT2D eigenvalue weighted by atomic mass is 79.9. The Balaban J connectivity index is 1.82. The quantitative estimate of drug-likeness (QED) is 0.851. The zero-order valence-electron chi connectivity index (χ0n) is 9.38. The van der Waals surface area contributed by atoms with Crippen molar-refractivity contribution in [3.8, 4) is 0 Å². The van der Waals surface area contributed by atoms with E-state index in [1.807, 2.05) is 0 Å². The first kappa shape index (κ1) is 10.6. The van der Waals surface area contributed by atoms with Crippen LogP contribution >= 0.6 is 15.9 Å². The number of benzene rings is 1. The van der Waals surface area contributed by atoms with Crippen molar-refractivity contribution in [2.45, 2.75) is 12.8 Å². The van der Waals surface area contributed by atoms with Gasteiger partial charge in [-0.1, -0.05) is 12.1 Å². The average Bonchev–Trinajstić information content (AvgIpc) is 2.28. The van der Waals surface area contributed by atoms with Gasteiger partial charge in [-0.2, -0.15) is 0 Å². The molecule has 3 heteroatoms. The maximum absolute atomic E-state index is 3.65. The van der Waals surface area contributed by atoms with Crippen LogP contribution in [0.4, 0.5) is 5.69 Å². The van der Waals surface area contributed by atoms with Crippen LogP contribution in [0.15, 0.2) is 28.7 Å². The summed E-state index contributed by atoms with van der Waals surface area (Å²) in [5.41, 5.74) is 1.92. The van der Waals surface area contributed by atoms with E-state index in [4.69, 9.17) is 0 Å². The monoisotopic (exact) mass is 280 g/mol. The Hall–Kier alpha value is -0.540. The van der Waals surface area contributed by atoms with E-state index in [1.165, 1.54) is 49.2 Å². The normalized spacial score (nSPS) is 23.2. The Morgan fingerprint density at radius 2 is 2.06 bits per heavy atom. The predicted molar refractivity (Wildman–Crippen MR) is 70.9 cm³/mol. The van der Waals surface area contributed by atoms with E-state index in [1.54, 1.807) is 0 Å². The van der Waals surface area contributed by atoms with E-state index in [0.29, 0.717) is 5.41 Å². The first-order valence-electron chi connectivity index (χ1n) is 5.99. The zero-order chi connectivity index (χ0) is 11.0. The number of nitrogens with one attached hydrogen (secondary N) is 1. The Kier molecular flexibility index (Phi) is 2.68. The van der Waals surface area contributed by atoms with Crippen molar-refractivity contribution >= 4 is 21.6 Å². The van der Waals surface area contributed by atoms with Gasteiger partial charge in [-0.05, 0) is 40.9 Å². The van der Waals surface area contributed by atoms with Gasteiger partial charge in [0.2, 0.25) is 0 Å². The van der Waals surface area contributed by atoms with Gasteiger partial charge in [0.05, 0.1) is 5.69 Å². The number of nitrogens with zero attached hydrogens (tertiary/aromatic N) is 1. The van der Waals surface area contributed by atoms with Crippen molar-refractivity contribution in [1.29, 1.82) is 0 Å². The van der Waals surface area contributed by atoms with E-state index >= 15 is 0 Å². The van der Waals surface area contributed by atoms with Crippen LogP contribution in [0.25, 0.3) is 0 Å². The molecule has 1 N–H and O–H groups in total. The third kappa shape index (κ3) is 1.76. The maximum Gasteiger partial charge on any atom is 0.0510 e. The number of para-hydroxylation sites is 1. The molecule has 2 aliphatic rings. The van der Waals surface area contributed by atoms with Crippen molar-refractivity contribution in [2.24, 2.45) is 5.41 Å². The fraction of sp³-hybridized carbons (Fsp3) is 0.538. The molecule has 1 aromatic rings. The number of piperidine rings is 1. The predicted octanol–water partition coefficient (Wildman–Crippen LogP) is 2.64. The number of halogens is 1. The number of hydrogen-bond acceptors (Lipinski definition) is 2. The van der Waals surface area contributed by atoms with Gasteiger partial charge in [-0.15, -0.1) is 0 Å². The van der Waals surface area contributed by atoms with E-state index in [0.717, 1.165) is 0 Å². The summed E-state index contributed by atoms with van der Waals surface area (Å²) in [7, 11) is 0. The maximum atomic E-state index is 3.65. The fourth-order valence-corrected chi connectivity index (χ4v) is 3.42. The second-order valence-electron chi connectivity index (χ2n) is 5.08. The topological polar surface area (TPSA) is 15.3 Å². The number of hydrogen-bond donors (Lipinski definition) is 1. The molecule has 2 fully saturated rings. The minimum absolute atomic E-state index is 0.563. The number of rotatable bonds is 1. The van der Waals surface area contributed by atoms with Gasteiger partial charge in [0.15, 0.2) is 0 Å². The molecule has 16 heavy (non-hydrogen) atoms. The molecule has 1 spiro atoms. The van der Waals surface area contributed by atoms with Crippen molar-refractivity contribution in [1.82, 2.24) is 5.32 Å². The van der Waals surface area contributed by atoms with Crippen LogP contribution in [0.2, 0.25) is 0 Å². The number of anilines is 1. The Morgan fingerprint density at radius 1 is 1.25 bits per heavy atom. The van der Waals surface area contributed by atoms with Gasteiger partial charge in [0, 0.05) is 36.1 Å². The molecule has 0 amide bonds. The van der Waals surface area contributed by atoms with Gasteiger partial charge in [0.25, 0.3) is 0 Å². The van der Waals surface area contributed by atoms with E-state index < -0.39 is 0 Å². The molecule has 0 aromatic heterocycles. The third-order valence-electron chi connectivity index (χ3n) is 3.85. The molecule has 2 saturated heterocycles. The Labute approximate surface area is 105 Å². The summed E-state index contributed by atoms with van der Waals surface area (Å²) in [6.07, 6.45) is 2.71. The van der Waals surface area contributed by atoms with Gasteiger partial charge in [0.1, 0.15) is 0 Å². The first-order chi connectivity index (χ1) is 7.79. The summed E-state index contributed by atoms with van der Waals surface area (Å²) >= 11 is 3.65. The van der Waals surface area contributed by atoms with Crippen LogP contribution in [-0.4, -0.2) is 26.2 Å². The molecule has 86 valence electrons. The summed E-state index contributed by atoms with van der Waals surface area (Å²) in [5, 5.41) is 3.42. The summed E-state index contributed by atoms with van der Waals surface area (Å²) in [4.78, 5) is 2.54. The summed E-state index contributed by atoms with van der Waals surface area (Å²) in [6.45, 7) is 4.81. The van der Waals surface area contributed by atoms with Gasteiger partial charge in [-0.25, -0.2) is 0 Å². The zero-order valence-corrected chi connectivity index (χ0v) is 11.0. The third-order valence-corrected chi connectivity index (χ3v) is 4.53. The second kappa shape index (κ2) is 4.04. The molecule has 0 atom stereocenters. The molecule has 0 unspecified atom stereocenters. The highest BCUT2D eigenvalue weighted by Crippen LogP contribution is 2.37. The summed E-state index contributed by atoms with van der Waals surface area (Å²) < 4.78 is 1.22. The Morgan fingerprint density at radius 3 is 2.75 bits per heavy atom. The first-order valence-corrected chi connectivity index (χ1v) is 6.79. The smallest absolute Gasteiger partial charge is 0.0510 e. The molecule has 0 radical (unpaired) electrons. The molecule has 0 aliphatic carbocycles. The fourth-order valence-electron chi connectivity index (χ4n) is 2.89. The molecular weight excluding hydrogens is 264 g/mol. The second-order valence-corrected chi connectivity index (χ2v) is 5.93.